The van der Waals surface area contributed by atoms with Gasteiger partial charge in [-0.25, -0.2) is 4.79 Å². The van der Waals surface area contributed by atoms with E-state index in [-0.39, 0.29) is 5.91 Å². The van der Waals surface area contributed by atoms with Crippen molar-refractivity contribution in [3.63, 3.8) is 0 Å². The van der Waals surface area contributed by atoms with Crippen LogP contribution in [0.1, 0.15) is 29.6 Å². The first-order valence-electron chi connectivity index (χ1n) is 8.13. The lowest BCUT2D eigenvalue weighted by Gasteiger charge is -2.16. The van der Waals surface area contributed by atoms with E-state index in [1.54, 1.807) is 12.1 Å². The van der Waals surface area contributed by atoms with Crippen LogP contribution in [-0.4, -0.2) is 25.0 Å². The largest absolute Gasteiger partial charge is 0.467 e. The smallest absolute Gasteiger partial charge is 0.328 e. The molecule has 4 heteroatoms. The molecule has 1 N–H and O–H groups in total. The van der Waals surface area contributed by atoms with Gasteiger partial charge in [-0.3, -0.25) is 4.79 Å². The van der Waals surface area contributed by atoms with Gasteiger partial charge < -0.3 is 10.1 Å². The minimum atomic E-state index is -0.695. The topological polar surface area (TPSA) is 55.4 Å². The standard InChI is InChI=1S/C21H21NO3/c1-3-4-6-11-19(21(24)25-2)22-20(23)18-14-12-17(13-15-18)16-9-7-5-8-10-16/h1,5,7-10,12-15,19H,4,6,11H2,2H3,(H,22,23)/t19-/m0/s1. The van der Waals surface area contributed by atoms with Crippen molar-refractivity contribution in [2.75, 3.05) is 7.11 Å². The molecule has 2 aromatic carbocycles. The third-order valence-electron chi connectivity index (χ3n) is 3.86. The van der Waals surface area contributed by atoms with Crippen LogP contribution in [0, 0.1) is 12.3 Å². The summed E-state index contributed by atoms with van der Waals surface area (Å²) in [5.41, 5.74) is 2.59. The zero-order valence-corrected chi connectivity index (χ0v) is 14.2. The Bertz CT molecular complexity index is 745. The molecule has 0 fully saturated rings. The highest BCUT2D eigenvalue weighted by atomic mass is 16.5. The number of esters is 1. The molecule has 0 aliphatic rings. The van der Waals surface area contributed by atoms with E-state index >= 15 is 0 Å². The average molecular weight is 335 g/mol. The quantitative estimate of drug-likeness (QED) is 0.479. The Kier molecular flexibility index (Phi) is 6.79. The fourth-order valence-electron chi connectivity index (χ4n) is 2.49. The summed E-state index contributed by atoms with van der Waals surface area (Å²) in [6.07, 6.45) is 6.87. The summed E-state index contributed by atoms with van der Waals surface area (Å²) in [4.78, 5) is 24.2. The molecule has 2 rings (SSSR count). The molecule has 0 heterocycles. The van der Waals surface area contributed by atoms with Crippen molar-refractivity contribution in [2.24, 2.45) is 0 Å². The van der Waals surface area contributed by atoms with Gasteiger partial charge in [-0.2, -0.15) is 0 Å². The highest BCUT2D eigenvalue weighted by Gasteiger charge is 2.21. The number of terminal acetylenes is 1. The maximum Gasteiger partial charge on any atom is 0.328 e. The molecule has 0 saturated carbocycles. The molecule has 1 atom stereocenters. The Morgan fingerprint density at radius 3 is 2.32 bits per heavy atom. The summed E-state index contributed by atoms with van der Waals surface area (Å²) >= 11 is 0. The van der Waals surface area contributed by atoms with E-state index in [2.05, 4.69) is 11.2 Å². The summed E-state index contributed by atoms with van der Waals surface area (Å²) in [6, 6.07) is 16.5. The number of hydrogen-bond acceptors (Lipinski definition) is 3. The number of hydrogen-bond donors (Lipinski definition) is 1. The van der Waals surface area contributed by atoms with Gasteiger partial charge in [-0.1, -0.05) is 42.5 Å². The van der Waals surface area contributed by atoms with Gasteiger partial charge in [0.1, 0.15) is 6.04 Å². The van der Waals surface area contributed by atoms with Crippen molar-refractivity contribution in [2.45, 2.75) is 25.3 Å². The van der Waals surface area contributed by atoms with E-state index in [0.29, 0.717) is 24.8 Å². The number of amides is 1. The average Bonchev–Trinajstić information content (AvgIpc) is 2.67. The predicted octanol–water partition coefficient (Wildman–Crippen LogP) is 3.43. The fraction of sp³-hybridized carbons (Fsp3) is 0.238. The Morgan fingerprint density at radius 1 is 1.08 bits per heavy atom. The van der Waals surface area contributed by atoms with Crippen LogP contribution in [0.2, 0.25) is 0 Å². The maximum atomic E-state index is 12.4. The van der Waals surface area contributed by atoms with Crippen LogP contribution in [0.25, 0.3) is 11.1 Å². The van der Waals surface area contributed by atoms with E-state index < -0.39 is 12.0 Å². The second kappa shape index (κ2) is 9.29. The molecule has 0 radical (unpaired) electrons. The molecular formula is C21H21NO3. The highest BCUT2D eigenvalue weighted by Crippen LogP contribution is 2.19. The van der Waals surface area contributed by atoms with Gasteiger partial charge in [0.15, 0.2) is 0 Å². The Balaban J connectivity index is 2.05. The van der Waals surface area contributed by atoms with Crippen molar-refractivity contribution < 1.29 is 14.3 Å². The molecule has 1 amide bonds. The van der Waals surface area contributed by atoms with Crippen molar-refractivity contribution in [3.05, 3.63) is 60.2 Å². The third kappa shape index (κ3) is 5.22. The second-order valence-electron chi connectivity index (χ2n) is 5.59. The SMILES string of the molecule is C#CCCC[C@H](NC(=O)c1ccc(-c2ccccc2)cc1)C(=O)OC. The van der Waals surface area contributed by atoms with Gasteiger partial charge in [0.25, 0.3) is 5.91 Å². The molecule has 25 heavy (non-hydrogen) atoms. The number of ether oxygens (including phenoxy) is 1. The lowest BCUT2D eigenvalue weighted by atomic mass is 10.0. The molecule has 128 valence electrons. The normalized spacial score (nSPS) is 11.2. The van der Waals surface area contributed by atoms with Gasteiger partial charge in [0.05, 0.1) is 7.11 Å². The van der Waals surface area contributed by atoms with Crippen LogP contribution in [0.15, 0.2) is 54.6 Å². The molecule has 4 nitrogen and oxygen atoms in total. The van der Waals surface area contributed by atoms with E-state index in [9.17, 15) is 9.59 Å². The molecule has 0 unspecified atom stereocenters. The molecular weight excluding hydrogens is 314 g/mol. The van der Waals surface area contributed by atoms with E-state index in [1.165, 1.54) is 7.11 Å². The summed E-state index contributed by atoms with van der Waals surface area (Å²) in [5.74, 6) is 1.75. The monoisotopic (exact) mass is 335 g/mol. The van der Waals surface area contributed by atoms with Gasteiger partial charge >= 0.3 is 5.97 Å². The van der Waals surface area contributed by atoms with E-state index in [0.717, 1.165) is 11.1 Å². The Morgan fingerprint density at radius 2 is 1.72 bits per heavy atom. The van der Waals surface area contributed by atoms with Gasteiger partial charge in [0, 0.05) is 12.0 Å². The van der Waals surface area contributed by atoms with Crippen LogP contribution in [-0.2, 0) is 9.53 Å². The van der Waals surface area contributed by atoms with Gasteiger partial charge in [0.2, 0.25) is 0 Å². The highest BCUT2D eigenvalue weighted by molar-refractivity contribution is 5.97. The zero-order valence-electron chi connectivity index (χ0n) is 14.2. The minimum absolute atomic E-state index is 0.310. The fourth-order valence-corrected chi connectivity index (χ4v) is 2.49. The lowest BCUT2D eigenvalue weighted by Crippen LogP contribution is -2.41. The number of methoxy groups -OCH3 is 1. The van der Waals surface area contributed by atoms with Gasteiger partial charge in [-0.05, 0) is 36.1 Å². The molecule has 0 saturated heterocycles. The minimum Gasteiger partial charge on any atom is -0.467 e. The molecule has 0 aromatic heterocycles. The molecule has 0 aliphatic heterocycles. The summed E-state index contributed by atoms with van der Waals surface area (Å²) < 4.78 is 4.75. The first-order valence-corrected chi connectivity index (χ1v) is 8.13. The van der Waals surface area contributed by atoms with E-state index in [4.69, 9.17) is 11.2 Å². The third-order valence-corrected chi connectivity index (χ3v) is 3.86. The van der Waals surface area contributed by atoms with Crippen LogP contribution in [0.3, 0.4) is 0 Å². The van der Waals surface area contributed by atoms with Crippen LogP contribution < -0.4 is 5.32 Å². The number of carbonyl (C=O) groups is 2. The van der Waals surface area contributed by atoms with Crippen LogP contribution >= 0.6 is 0 Å². The van der Waals surface area contributed by atoms with Crippen molar-refractivity contribution >= 4 is 11.9 Å². The molecule has 0 aliphatic carbocycles. The first kappa shape index (κ1) is 18.3. The summed E-state index contributed by atoms with van der Waals surface area (Å²) in [6.45, 7) is 0. The molecule has 2 aromatic rings. The predicted molar refractivity (Wildman–Crippen MR) is 97.8 cm³/mol. The summed E-state index contributed by atoms with van der Waals surface area (Å²) in [5, 5.41) is 2.72. The van der Waals surface area contributed by atoms with Gasteiger partial charge in [-0.15, -0.1) is 12.3 Å². The maximum absolute atomic E-state index is 12.4. The second-order valence-corrected chi connectivity index (χ2v) is 5.59. The number of carbonyl (C=O) groups excluding carboxylic acids is 2. The first-order chi connectivity index (χ1) is 12.2. The number of benzene rings is 2. The van der Waals surface area contributed by atoms with E-state index in [1.807, 2.05) is 42.5 Å². The lowest BCUT2D eigenvalue weighted by molar-refractivity contribution is -0.143. The number of rotatable bonds is 7. The van der Waals surface area contributed by atoms with Crippen LogP contribution in [0.4, 0.5) is 0 Å². The van der Waals surface area contributed by atoms with Crippen molar-refractivity contribution in [1.82, 2.24) is 5.32 Å². The zero-order chi connectivity index (χ0) is 18.1. The van der Waals surface area contributed by atoms with Crippen molar-refractivity contribution in [3.8, 4) is 23.5 Å². The Labute approximate surface area is 148 Å². The summed E-state index contributed by atoms with van der Waals surface area (Å²) in [7, 11) is 1.30. The molecule has 0 bridgehead atoms. The molecule has 0 spiro atoms. The Hall–Kier alpha value is -3.06. The number of unbranched alkanes of at least 4 members (excludes halogenated alkanes) is 1. The van der Waals surface area contributed by atoms with Crippen LogP contribution in [0.5, 0.6) is 0 Å². The number of nitrogens with one attached hydrogen (secondary N) is 1. The van der Waals surface area contributed by atoms with Crippen molar-refractivity contribution in [1.29, 1.82) is 0 Å².